The van der Waals surface area contributed by atoms with E-state index in [-0.39, 0.29) is 5.82 Å². The van der Waals surface area contributed by atoms with Crippen LogP contribution in [0.3, 0.4) is 0 Å². The maximum absolute atomic E-state index is 16.5. The molecule has 0 N–H and O–H groups in total. The van der Waals surface area contributed by atoms with Gasteiger partial charge in [-0.3, -0.25) is 4.57 Å². The summed E-state index contributed by atoms with van der Waals surface area (Å²) in [7, 11) is -1.24. The van der Waals surface area contributed by atoms with Gasteiger partial charge in [-0.2, -0.15) is 0 Å². The second kappa shape index (κ2) is 9.83. The van der Waals surface area contributed by atoms with E-state index in [1.807, 2.05) is 79.7 Å². The van der Waals surface area contributed by atoms with Crippen molar-refractivity contribution in [3.05, 3.63) is 63.1 Å². The number of thiophene rings is 1. The molecular weight excluding hydrogens is 599 g/mol. The molecular formula is C33H37B2ClFNO5S. The minimum atomic E-state index is -0.723. The Labute approximate surface area is 268 Å². The Morgan fingerprint density at radius 2 is 1.41 bits per heavy atom. The Morgan fingerprint density at radius 3 is 1.95 bits per heavy atom. The van der Waals surface area contributed by atoms with Gasteiger partial charge in [0.25, 0.3) is 0 Å². The molecule has 2 fully saturated rings. The van der Waals surface area contributed by atoms with E-state index in [1.54, 1.807) is 0 Å². The smallest absolute Gasteiger partial charge is 0.464 e. The van der Waals surface area contributed by atoms with Crippen molar-refractivity contribution in [2.45, 2.75) is 97.4 Å². The van der Waals surface area contributed by atoms with Crippen molar-refractivity contribution in [3.63, 3.8) is 0 Å². The molecule has 1 unspecified atom stereocenters. The lowest BCUT2D eigenvalue weighted by Gasteiger charge is -2.32. The number of halogens is 2. The molecule has 0 spiro atoms. The molecule has 6 nitrogen and oxygen atoms in total. The van der Waals surface area contributed by atoms with Gasteiger partial charge < -0.3 is 23.4 Å². The van der Waals surface area contributed by atoms with Gasteiger partial charge in [0.2, 0.25) is 6.23 Å². The fraction of sp³-hybridized carbons (Fsp3) is 0.455. The van der Waals surface area contributed by atoms with Gasteiger partial charge in [0.05, 0.1) is 48.4 Å². The summed E-state index contributed by atoms with van der Waals surface area (Å²) >= 11 is 7.87. The third-order valence-corrected chi connectivity index (χ3v) is 11.4. The average molecular weight is 636 g/mol. The summed E-state index contributed by atoms with van der Waals surface area (Å²) in [6, 6.07) is 13.4. The molecule has 5 heterocycles. The topological polar surface area (TPSA) is 51.1 Å². The van der Waals surface area contributed by atoms with E-state index in [4.69, 9.17) is 35.0 Å². The van der Waals surface area contributed by atoms with E-state index >= 15 is 4.39 Å². The van der Waals surface area contributed by atoms with Crippen molar-refractivity contribution >= 4 is 59.0 Å². The van der Waals surface area contributed by atoms with Crippen LogP contribution in [0.25, 0.3) is 22.2 Å². The number of rotatable bonds is 4. The first-order valence-corrected chi connectivity index (χ1v) is 16.4. The summed E-state index contributed by atoms with van der Waals surface area (Å²) in [5, 5.41) is 1.01. The Kier molecular flexibility index (Phi) is 6.78. The van der Waals surface area contributed by atoms with Gasteiger partial charge in [0, 0.05) is 5.39 Å². The molecule has 0 amide bonds. The van der Waals surface area contributed by atoms with Gasteiger partial charge >= 0.3 is 14.2 Å². The highest BCUT2D eigenvalue weighted by Crippen LogP contribution is 2.49. The van der Waals surface area contributed by atoms with Crippen LogP contribution in [0.1, 0.15) is 79.0 Å². The highest BCUT2D eigenvalue weighted by Gasteiger charge is 2.53. The Bertz CT molecular complexity index is 1780. The molecule has 2 aromatic heterocycles. The summed E-state index contributed by atoms with van der Waals surface area (Å²) in [4.78, 5) is 0.915. The second-order valence-corrected chi connectivity index (χ2v) is 15.7. The average Bonchev–Trinajstić information content (AvgIpc) is 3.62. The van der Waals surface area contributed by atoms with Gasteiger partial charge in [-0.05, 0) is 109 Å². The van der Waals surface area contributed by atoms with Crippen LogP contribution >= 0.6 is 22.9 Å². The molecule has 11 heteroatoms. The van der Waals surface area contributed by atoms with Crippen LogP contribution in [-0.4, -0.2) is 41.2 Å². The maximum Gasteiger partial charge on any atom is 0.495 e. The number of aromatic nitrogens is 1. The molecule has 2 saturated heterocycles. The fourth-order valence-electron chi connectivity index (χ4n) is 6.26. The van der Waals surface area contributed by atoms with Crippen LogP contribution in [0, 0.1) is 5.82 Å². The molecule has 0 aliphatic carbocycles. The normalized spacial score (nSPS) is 22.8. The number of fused-ring (bicyclic) bond motifs is 5. The highest BCUT2D eigenvalue weighted by atomic mass is 35.5. The number of hydrogen-bond acceptors (Lipinski definition) is 6. The van der Waals surface area contributed by atoms with E-state index < -0.39 is 42.9 Å². The van der Waals surface area contributed by atoms with E-state index in [1.165, 1.54) is 17.4 Å². The zero-order valence-corrected chi connectivity index (χ0v) is 28.2. The van der Waals surface area contributed by atoms with E-state index in [9.17, 15) is 0 Å². The fourth-order valence-corrected chi connectivity index (χ4v) is 7.34. The summed E-state index contributed by atoms with van der Waals surface area (Å²) in [6.07, 6.45) is 0.134. The largest absolute Gasteiger partial charge is 0.495 e. The Hall–Kier alpha value is -2.33. The maximum atomic E-state index is 16.5. The molecule has 0 saturated carbocycles. The molecule has 7 rings (SSSR count). The molecule has 1 atom stereocenters. The van der Waals surface area contributed by atoms with Crippen LogP contribution in [0.2, 0.25) is 4.34 Å². The van der Waals surface area contributed by atoms with Crippen molar-refractivity contribution in [1.29, 1.82) is 0 Å². The third-order valence-electron chi connectivity index (χ3n) is 10.2. The lowest BCUT2D eigenvalue weighted by atomic mass is 9.77. The van der Waals surface area contributed by atoms with Crippen molar-refractivity contribution in [2.24, 2.45) is 0 Å². The first-order valence-electron chi connectivity index (χ1n) is 15.2. The van der Waals surface area contributed by atoms with Gasteiger partial charge in [0.1, 0.15) is 11.6 Å². The van der Waals surface area contributed by atoms with Gasteiger partial charge in [-0.25, -0.2) is 4.39 Å². The third kappa shape index (κ3) is 4.43. The van der Waals surface area contributed by atoms with Gasteiger partial charge in [0.15, 0.2) is 0 Å². The molecule has 44 heavy (non-hydrogen) atoms. The SMILES string of the molecule is CCc1c2n(c3ccc(B4OC(C)(C)C(C)(C)O4)cc13)C(c1ccc(Cl)s1)Oc1cc(B3OC(C)(C)C(C)(C)O3)cc(F)c1-2. The highest BCUT2D eigenvalue weighted by molar-refractivity contribution is 7.16. The standard InChI is InChI=1S/C33H37B2ClFNO5S/c1-10-20-21-15-18(34-40-30(2,3)31(4,5)41-34)11-12-23(21)38-28(20)27-22(37)16-19(35-42-32(6,7)33(8,9)43-35)17-24(27)39-29(38)25-13-14-26(36)44-25/h11-17,29H,10H2,1-9H3. The van der Waals surface area contributed by atoms with Crippen LogP contribution in [0.15, 0.2) is 42.5 Å². The summed E-state index contributed by atoms with van der Waals surface area (Å²) in [5.74, 6) is 0.0558. The number of benzene rings is 2. The van der Waals surface area contributed by atoms with Crippen molar-refractivity contribution in [2.75, 3.05) is 0 Å². The molecule has 3 aliphatic rings. The lowest BCUT2D eigenvalue weighted by Crippen LogP contribution is -2.41. The predicted octanol–water partition coefficient (Wildman–Crippen LogP) is 7.26. The van der Waals surface area contributed by atoms with E-state index in [2.05, 4.69) is 23.6 Å². The minimum Gasteiger partial charge on any atom is -0.464 e. The van der Waals surface area contributed by atoms with E-state index in [0.29, 0.717) is 27.5 Å². The molecule has 230 valence electrons. The van der Waals surface area contributed by atoms with Crippen molar-refractivity contribution in [1.82, 2.24) is 4.57 Å². The number of ether oxygens (including phenoxy) is 1. The molecule has 3 aliphatic heterocycles. The van der Waals surface area contributed by atoms with Gasteiger partial charge in [-0.15, -0.1) is 11.3 Å². The lowest BCUT2D eigenvalue weighted by molar-refractivity contribution is 0.00578. The number of nitrogens with zero attached hydrogens (tertiary/aromatic N) is 1. The molecule has 2 aromatic carbocycles. The monoisotopic (exact) mass is 635 g/mol. The summed E-state index contributed by atoms with van der Waals surface area (Å²) < 4.78 is 51.2. The van der Waals surface area contributed by atoms with Crippen LogP contribution < -0.4 is 15.7 Å². The van der Waals surface area contributed by atoms with Crippen LogP contribution in [0.4, 0.5) is 4.39 Å². The number of hydrogen-bond donors (Lipinski definition) is 0. The van der Waals surface area contributed by atoms with Crippen molar-refractivity contribution in [3.8, 4) is 17.0 Å². The molecule has 4 aromatic rings. The first kappa shape index (κ1) is 30.3. The van der Waals surface area contributed by atoms with Gasteiger partial charge in [-0.1, -0.05) is 30.7 Å². The van der Waals surface area contributed by atoms with Crippen molar-refractivity contribution < 1.29 is 27.7 Å². The number of aryl methyl sites for hydroxylation is 1. The first-order chi connectivity index (χ1) is 20.5. The Balaban J connectivity index is 1.41. The Morgan fingerprint density at radius 1 is 0.818 bits per heavy atom. The zero-order valence-electron chi connectivity index (χ0n) is 26.6. The predicted molar refractivity (Wildman–Crippen MR) is 176 cm³/mol. The molecule has 0 bridgehead atoms. The zero-order chi connectivity index (χ0) is 31.6. The summed E-state index contributed by atoms with van der Waals surface area (Å²) in [5.41, 5.74) is 2.63. The van der Waals surface area contributed by atoms with Crippen LogP contribution in [-0.2, 0) is 25.0 Å². The van der Waals surface area contributed by atoms with Crippen LogP contribution in [0.5, 0.6) is 5.75 Å². The molecule has 0 radical (unpaired) electrons. The quantitative estimate of drug-likeness (QED) is 0.221. The summed E-state index contributed by atoms with van der Waals surface area (Å²) in [6.45, 7) is 18.2. The second-order valence-electron chi connectivity index (χ2n) is 14.0. The minimum absolute atomic E-state index is 0.389. The van der Waals surface area contributed by atoms with E-state index in [0.717, 1.165) is 32.5 Å².